The lowest BCUT2D eigenvalue weighted by Gasteiger charge is -2.20. The van der Waals surface area contributed by atoms with Gasteiger partial charge in [-0.3, -0.25) is 0 Å². The van der Waals surface area contributed by atoms with Gasteiger partial charge in [0.2, 0.25) is 0 Å². The van der Waals surface area contributed by atoms with E-state index in [0.717, 1.165) is 18.9 Å². The normalized spacial score (nSPS) is 11.9. The Balaban J connectivity index is 2.77. The summed E-state index contributed by atoms with van der Waals surface area (Å²) < 4.78 is 0. The van der Waals surface area contributed by atoms with E-state index >= 15 is 0 Å². The number of nitrogens with two attached hydrogens (primary N) is 1. The minimum atomic E-state index is 0.0212. The summed E-state index contributed by atoms with van der Waals surface area (Å²) in [6, 6.07) is 5.43. The second-order valence-corrected chi connectivity index (χ2v) is 4.09. The lowest BCUT2D eigenvalue weighted by atomic mass is 10.3. The number of oxime groups is 1. The van der Waals surface area contributed by atoms with Crippen LogP contribution in [0.3, 0.4) is 0 Å². The Bertz CT molecular complexity index is 391. The van der Waals surface area contributed by atoms with Gasteiger partial charge in [0.15, 0.2) is 5.84 Å². The van der Waals surface area contributed by atoms with Crippen molar-refractivity contribution in [3.05, 3.63) is 23.9 Å². The minimum Gasteiger partial charge on any atom is -0.409 e. The molecular formula is C11H19N5O. The number of hydrogen-bond donors (Lipinski definition) is 2. The summed E-state index contributed by atoms with van der Waals surface area (Å²) in [6.07, 6.45) is 0. The van der Waals surface area contributed by atoms with Crippen molar-refractivity contribution in [1.29, 1.82) is 0 Å². The van der Waals surface area contributed by atoms with Crippen molar-refractivity contribution in [3.8, 4) is 0 Å². The SMILES string of the molecule is CN(C)CCN(C)c1cccc(C(N)=NO)n1. The van der Waals surface area contributed by atoms with E-state index in [9.17, 15) is 0 Å². The predicted octanol–water partition coefficient (Wildman–Crippen LogP) is 0.174. The highest BCUT2D eigenvalue weighted by atomic mass is 16.4. The van der Waals surface area contributed by atoms with Crippen LogP contribution in [0.4, 0.5) is 5.82 Å². The van der Waals surface area contributed by atoms with Crippen LogP contribution in [-0.4, -0.2) is 55.2 Å². The molecule has 0 spiro atoms. The molecule has 1 rings (SSSR count). The molecule has 0 saturated carbocycles. The van der Waals surface area contributed by atoms with Gasteiger partial charge in [-0.25, -0.2) is 4.98 Å². The van der Waals surface area contributed by atoms with Crippen LogP contribution in [0.15, 0.2) is 23.4 Å². The number of amidine groups is 1. The third-order valence-corrected chi connectivity index (χ3v) is 2.38. The zero-order chi connectivity index (χ0) is 12.8. The first kappa shape index (κ1) is 13.2. The Kier molecular flexibility index (Phi) is 4.71. The molecule has 0 aliphatic heterocycles. The van der Waals surface area contributed by atoms with E-state index < -0.39 is 0 Å². The van der Waals surface area contributed by atoms with E-state index in [1.54, 1.807) is 6.07 Å². The zero-order valence-corrected chi connectivity index (χ0v) is 10.5. The summed E-state index contributed by atoms with van der Waals surface area (Å²) in [7, 11) is 6.00. The van der Waals surface area contributed by atoms with E-state index in [1.807, 2.05) is 38.2 Å². The fourth-order valence-corrected chi connectivity index (χ4v) is 1.29. The van der Waals surface area contributed by atoms with Gasteiger partial charge in [0, 0.05) is 20.1 Å². The van der Waals surface area contributed by atoms with Crippen LogP contribution in [0.1, 0.15) is 5.69 Å². The van der Waals surface area contributed by atoms with Crippen LogP contribution >= 0.6 is 0 Å². The molecule has 0 aromatic carbocycles. The Labute approximate surface area is 101 Å². The van der Waals surface area contributed by atoms with Crippen LogP contribution in [0.5, 0.6) is 0 Å². The third kappa shape index (κ3) is 3.92. The van der Waals surface area contributed by atoms with Gasteiger partial charge >= 0.3 is 0 Å². The molecule has 0 atom stereocenters. The van der Waals surface area contributed by atoms with Crippen LogP contribution in [0, 0.1) is 0 Å². The maximum absolute atomic E-state index is 8.60. The summed E-state index contributed by atoms with van der Waals surface area (Å²) in [5, 5.41) is 11.5. The summed E-state index contributed by atoms with van der Waals surface area (Å²) in [6.45, 7) is 1.80. The zero-order valence-electron chi connectivity index (χ0n) is 10.5. The van der Waals surface area contributed by atoms with Gasteiger partial charge in [-0.15, -0.1) is 0 Å². The lowest BCUT2D eigenvalue weighted by molar-refractivity contribution is 0.318. The maximum Gasteiger partial charge on any atom is 0.188 e. The summed E-state index contributed by atoms with van der Waals surface area (Å²) >= 11 is 0. The van der Waals surface area contributed by atoms with Crippen molar-refractivity contribution >= 4 is 11.7 Å². The van der Waals surface area contributed by atoms with Crippen molar-refractivity contribution in [3.63, 3.8) is 0 Å². The van der Waals surface area contributed by atoms with Gasteiger partial charge < -0.3 is 20.7 Å². The summed E-state index contributed by atoms with van der Waals surface area (Å²) in [5.41, 5.74) is 5.97. The van der Waals surface area contributed by atoms with E-state index in [-0.39, 0.29) is 5.84 Å². The van der Waals surface area contributed by atoms with Gasteiger partial charge in [-0.05, 0) is 26.2 Å². The van der Waals surface area contributed by atoms with Gasteiger partial charge in [-0.2, -0.15) is 0 Å². The number of likely N-dealkylation sites (N-methyl/N-ethyl adjacent to an activating group) is 2. The molecule has 0 aliphatic carbocycles. The van der Waals surface area contributed by atoms with Gasteiger partial charge in [0.05, 0.1) is 0 Å². The number of nitrogens with zero attached hydrogens (tertiary/aromatic N) is 4. The first-order chi connectivity index (χ1) is 8.04. The van der Waals surface area contributed by atoms with Gasteiger partial charge in [0.1, 0.15) is 11.5 Å². The summed E-state index contributed by atoms with van der Waals surface area (Å²) in [5.74, 6) is 0.823. The molecule has 0 fully saturated rings. The molecule has 94 valence electrons. The molecule has 0 amide bonds. The standard InChI is InChI=1S/C11H19N5O/c1-15(2)7-8-16(3)10-6-4-5-9(13-10)11(12)14-17/h4-6,17H,7-8H2,1-3H3,(H2,12,14). The Morgan fingerprint density at radius 1 is 1.35 bits per heavy atom. The monoisotopic (exact) mass is 237 g/mol. The number of rotatable bonds is 5. The Hall–Kier alpha value is -1.82. The van der Waals surface area contributed by atoms with Crippen LogP contribution in [0.2, 0.25) is 0 Å². The minimum absolute atomic E-state index is 0.0212. The Morgan fingerprint density at radius 3 is 2.65 bits per heavy atom. The average molecular weight is 237 g/mol. The van der Waals surface area contributed by atoms with Crippen molar-refractivity contribution < 1.29 is 5.21 Å². The first-order valence-electron chi connectivity index (χ1n) is 5.35. The third-order valence-electron chi connectivity index (χ3n) is 2.38. The van der Waals surface area contributed by atoms with Crippen molar-refractivity contribution in [2.45, 2.75) is 0 Å². The van der Waals surface area contributed by atoms with Crippen molar-refractivity contribution in [2.24, 2.45) is 10.9 Å². The molecular weight excluding hydrogens is 218 g/mol. The average Bonchev–Trinajstić information content (AvgIpc) is 2.35. The number of hydrogen-bond acceptors (Lipinski definition) is 5. The van der Waals surface area contributed by atoms with Crippen LogP contribution < -0.4 is 10.6 Å². The molecule has 0 unspecified atom stereocenters. The molecule has 3 N–H and O–H groups in total. The molecule has 0 aliphatic rings. The van der Waals surface area contributed by atoms with E-state index in [4.69, 9.17) is 10.9 Å². The van der Waals surface area contributed by atoms with Crippen LogP contribution in [-0.2, 0) is 0 Å². The van der Waals surface area contributed by atoms with E-state index in [2.05, 4.69) is 15.0 Å². The molecule has 1 aromatic heterocycles. The summed E-state index contributed by atoms with van der Waals surface area (Å²) in [4.78, 5) is 8.44. The Morgan fingerprint density at radius 2 is 2.06 bits per heavy atom. The molecule has 6 nitrogen and oxygen atoms in total. The smallest absolute Gasteiger partial charge is 0.188 e. The molecule has 17 heavy (non-hydrogen) atoms. The van der Waals surface area contributed by atoms with Crippen molar-refractivity contribution in [1.82, 2.24) is 9.88 Å². The molecule has 1 heterocycles. The van der Waals surface area contributed by atoms with Gasteiger partial charge in [-0.1, -0.05) is 11.2 Å². The fraction of sp³-hybridized carbons (Fsp3) is 0.455. The van der Waals surface area contributed by atoms with Gasteiger partial charge in [0.25, 0.3) is 0 Å². The largest absolute Gasteiger partial charge is 0.409 e. The molecule has 6 heteroatoms. The number of pyridine rings is 1. The molecule has 0 bridgehead atoms. The lowest BCUT2D eigenvalue weighted by Crippen LogP contribution is -2.29. The molecule has 0 saturated heterocycles. The maximum atomic E-state index is 8.60. The van der Waals surface area contributed by atoms with Crippen LogP contribution in [0.25, 0.3) is 0 Å². The van der Waals surface area contributed by atoms with E-state index in [0.29, 0.717) is 5.69 Å². The highest BCUT2D eigenvalue weighted by Gasteiger charge is 2.06. The fourth-order valence-electron chi connectivity index (χ4n) is 1.29. The second kappa shape index (κ2) is 6.05. The van der Waals surface area contributed by atoms with E-state index in [1.165, 1.54) is 0 Å². The predicted molar refractivity (Wildman–Crippen MR) is 68.6 cm³/mol. The van der Waals surface area contributed by atoms with Crippen molar-refractivity contribution in [2.75, 3.05) is 39.1 Å². The highest BCUT2D eigenvalue weighted by molar-refractivity contribution is 5.95. The number of aromatic nitrogens is 1. The first-order valence-corrected chi connectivity index (χ1v) is 5.35. The number of anilines is 1. The molecule has 1 aromatic rings. The quantitative estimate of drug-likeness (QED) is 0.330. The molecule has 0 radical (unpaired) electrons. The topological polar surface area (TPSA) is 78.0 Å². The second-order valence-electron chi connectivity index (χ2n) is 4.09. The highest BCUT2D eigenvalue weighted by Crippen LogP contribution is 2.09.